The molecule has 6 nitrogen and oxygen atoms in total. The van der Waals surface area contributed by atoms with Gasteiger partial charge in [-0.05, 0) is 38.5 Å². The highest BCUT2D eigenvalue weighted by Crippen LogP contribution is 2.34. The number of nitrogens with zero attached hydrogens (tertiary/aromatic N) is 2. The fraction of sp³-hybridized carbons (Fsp3) is 0.524. The molecular weight excluding hydrogens is 344 g/mol. The van der Waals surface area contributed by atoms with Crippen LogP contribution >= 0.6 is 0 Å². The van der Waals surface area contributed by atoms with E-state index in [-0.39, 0.29) is 23.1 Å². The van der Waals surface area contributed by atoms with Gasteiger partial charge in [0, 0.05) is 36.4 Å². The van der Waals surface area contributed by atoms with Crippen molar-refractivity contribution in [2.45, 2.75) is 46.1 Å². The zero-order chi connectivity index (χ0) is 19.8. The average molecular weight is 374 g/mol. The van der Waals surface area contributed by atoms with Crippen molar-refractivity contribution in [3.8, 4) is 11.5 Å². The first-order valence-electron chi connectivity index (χ1n) is 9.63. The van der Waals surface area contributed by atoms with Crippen molar-refractivity contribution >= 4 is 6.29 Å². The van der Waals surface area contributed by atoms with E-state index in [1.165, 1.54) is 11.8 Å². The minimum atomic E-state index is -0.0678. The van der Waals surface area contributed by atoms with E-state index in [2.05, 4.69) is 25.0 Å². The predicted octanol–water partition coefficient (Wildman–Crippen LogP) is 4.21. The normalized spacial score (nSPS) is 19.3. The molecule has 0 amide bonds. The topological polar surface area (TPSA) is 73.6 Å². The second-order valence-corrected chi connectivity index (χ2v) is 6.64. The first kappa shape index (κ1) is 21.0. The fourth-order valence-electron chi connectivity index (χ4n) is 3.37. The number of aldehydes is 1. The Hall–Kier alpha value is -2.34. The van der Waals surface area contributed by atoms with Crippen molar-refractivity contribution in [2.24, 2.45) is 5.92 Å². The molecule has 1 fully saturated rings. The number of benzene rings is 1. The van der Waals surface area contributed by atoms with Crippen LogP contribution in [0.2, 0.25) is 0 Å². The summed E-state index contributed by atoms with van der Waals surface area (Å²) in [7, 11) is 0. The van der Waals surface area contributed by atoms with Crippen LogP contribution in [0.1, 0.15) is 62.1 Å². The summed E-state index contributed by atoms with van der Waals surface area (Å²) < 4.78 is 13.6. The highest BCUT2D eigenvalue weighted by atomic mass is 16.5. The molecule has 0 aliphatic carbocycles. The lowest BCUT2D eigenvalue weighted by Crippen LogP contribution is -2.32. The van der Waals surface area contributed by atoms with Gasteiger partial charge in [-0.15, -0.1) is 0 Å². The van der Waals surface area contributed by atoms with Crippen molar-refractivity contribution in [1.29, 1.82) is 0 Å². The van der Waals surface area contributed by atoms with Gasteiger partial charge in [-0.1, -0.05) is 19.9 Å². The molecule has 1 N–H and O–H groups in total. The third-order valence-corrected chi connectivity index (χ3v) is 4.66. The Bertz CT molecular complexity index is 727. The van der Waals surface area contributed by atoms with E-state index < -0.39 is 0 Å². The average Bonchev–Trinajstić information content (AvgIpc) is 3.18. The molecule has 2 atom stereocenters. The largest absolute Gasteiger partial charge is 0.507 e. The molecule has 0 spiro atoms. The maximum absolute atomic E-state index is 11.2. The zero-order valence-corrected chi connectivity index (χ0v) is 16.6. The van der Waals surface area contributed by atoms with E-state index in [1.807, 2.05) is 24.7 Å². The van der Waals surface area contributed by atoms with Crippen LogP contribution in [0.4, 0.5) is 0 Å². The number of carbonyl (C=O) groups is 1. The molecular formula is C21H30N2O4. The smallest absolute Gasteiger partial charge is 0.157 e. The highest BCUT2D eigenvalue weighted by Gasteiger charge is 2.31. The minimum absolute atomic E-state index is 0.0678. The third kappa shape index (κ3) is 4.89. The van der Waals surface area contributed by atoms with Crippen molar-refractivity contribution in [3.05, 3.63) is 41.7 Å². The molecule has 1 aromatic heterocycles. The standard InChI is InChI=1S/C19H24N2O4.C2H6/c1-13(2)21-17(6-8-20-21)15-7-9-24-11-14(15)12-25-19-5-3-4-18(23)16(19)10-22;1-2/h3-6,8,10,13-15,23H,7,9,11-12H2,1-2H3;1-2H3. The second-order valence-electron chi connectivity index (χ2n) is 6.64. The molecule has 1 aliphatic rings. The van der Waals surface area contributed by atoms with Crippen LogP contribution in [0.15, 0.2) is 30.5 Å². The van der Waals surface area contributed by atoms with Gasteiger partial charge in [-0.3, -0.25) is 9.48 Å². The van der Waals surface area contributed by atoms with Crippen LogP contribution < -0.4 is 4.74 Å². The van der Waals surface area contributed by atoms with E-state index >= 15 is 0 Å². The molecule has 2 unspecified atom stereocenters. The molecule has 1 aliphatic heterocycles. The van der Waals surface area contributed by atoms with Gasteiger partial charge < -0.3 is 14.6 Å². The van der Waals surface area contributed by atoms with E-state index in [4.69, 9.17) is 9.47 Å². The molecule has 0 bridgehead atoms. The van der Waals surface area contributed by atoms with Gasteiger partial charge in [-0.25, -0.2) is 0 Å². The van der Waals surface area contributed by atoms with Gasteiger partial charge in [0.05, 0.1) is 18.8 Å². The lowest BCUT2D eigenvalue weighted by Gasteiger charge is -2.32. The van der Waals surface area contributed by atoms with Gasteiger partial charge in [0.2, 0.25) is 0 Å². The summed E-state index contributed by atoms with van der Waals surface area (Å²) >= 11 is 0. The van der Waals surface area contributed by atoms with Gasteiger partial charge in [0.1, 0.15) is 11.5 Å². The number of carbonyl (C=O) groups excluding carboxylic acids is 1. The molecule has 148 valence electrons. The van der Waals surface area contributed by atoms with E-state index in [0.717, 1.165) is 13.0 Å². The van der Waals surface area contributed by atoms with Gasteiger partial charge in [0.15, 0.2) is 6.29 Å². The summed E-state index contributed by atoms with van der Waals surface area (Å²) in [6.45, 7) is 9.96. The Morgan fingerprint density at radius 2 is 2.15 bits per heavy atom. The number of hydrogen-bond donors (Lipinski definition) is 1. The molecule has 1 saturated heterocycles. The quantitative estimate of drug-likeness (QED) is 0.767. The summed E-state index contributed by atoms with van der Waals surface area (Å²) in [6, 6.07) is 7.20. The Kier molecular flexibility index (Phi) is 7.85. The van der Waals surface area contributed by atoms with Gasteiger partial charge >= 0.3 is 0 Å². The number of rotatable bonds is 6. The van der Waals surface area contributed by atoms with Gasteiger partial charge in [-0.2, -0.15) is 5.10 Å². The van der Waals surface area contributed by atoms with Crippen LogP contribution in [0, 0.1) is 5.92 Å². The van der Waals surface area contributed by atoms with Crippen molar-refractivity contribution < 1.29 is 19.4 Å². The van der Waals surface area contributed by atoms with E-state index in [1.54, 1.807) is 12.1 Å². The summed E-state index contributed by atoms with van der Waals surface area (Å²) in [6.07, 6.45) is 3.36. The van der Waals surface area contributed by atoms with Crippen LogP contribution in [-0.2, 0) is 4.74 Å². The lowest BCUT2D eigenvalue weighted by atomic mass is 9.86. The second kappa shape index (κ2) is 10.1. The predicted molar refractivity (Wildman–Crippen MR) is 105 cm³/mol. The summed E-state index contributed by atoms with van der Waals surface area (Å²) in [4.78, 5) is 11.2. The summed E-state index contributed by atoms with van der Waals surface area (Å²) in [5.74, 6) is 0.777. The third-order valence-electron chi connectivity index (χ3n) is 4.66. The monoisotopic (exact) mass is 374 g/mol. The Balaban J connectivity index is 0.00000126. The summed E-state index contributed by atoms with van der Waals surface area (Å²) in [5.41, 5.74) is 1.38. The number of aromatic hydroxyl groups is 1. The Morgan fingerprint density at radius 3 is 2.85 bits per heavy atom. The Morgan fingerprint density at radius 1 is 1.37 bits per heavy atom. The molecule has 2 heterocycles. The molecule has 0 saturated carbocycles. The first-order chi connectivity index (χ1) is 13.1. The maximum Gasteiger partial charge on any atom is 0.157 e. The maximum atomic E-state index is 11.2. The summed E-state index contributed by atoms with van der Waals surface area (Å²) in [5, 5.41) is 14.2. The van der Waals surface area contributed by atoms with Crippen molar-refractivity contribution in [3.63, 3.8) is 0 Å². The lowest BCUT2D eigenvalue weighted by molar-refractivity contribution is 0.0183. The van der Waals surface area contributed by atoms with Crippen molar-refractivity contribution in [2.75, 3.05) is 19.8 Å². The molecule has 6 heteroatoms. The van der Waals surface area contributed by atoms with E-state index in [0.29, 0.717) is 31.3 Å². The molecule has 3 rings (SSSR count). The zero-order valence-electron chi connectivity index (χ0n) is 16.6. The number of aromatic nitrogens is 2. The number of ether oxygens (including phenoxy) is 2. The highest BCUT2D eigenvalue weighted by molar-refractivity contribution is 5.83. The van der Waals surface area contributed by atoms with Crippen molar-refractivity contribution in [1.82, 2.24) is 9.78 Å². The number of phenolic OH excluding ortho intramolecular Hbond substituents is 1. The van der Waals surface area contributed by atoms with Gasteiger partial charge in [0.25, 0.3) is 0 Å². The molecule has 0 radical (unpaired) electrons. The molecule has 2 aromatic rings. The van der Waals surface area contributed by atoms with Crippen LogP contribution in [-0.4, -0.2) is 41.0 Å². The molecule has 1 aromatic carbocycles. The van der Waals surface area contributed by atoms with Crippen LogP contribution in [0.25, 0.3) is 0 Å². The first-order valence-corrected chi connectivity index (χ1v) is 9.63. The number of phenols is 1. The number of hydrogen-bond acceptors (Lipinski definition) is 5. The SMILES string of the molecule is CC.CC(C)n1nccc1C1CCOCC1COc1cccc(O)c1C=O. The molecule has 27 heavy (non-hydrogen) atoms. The minimum Gasteiger partial charge on any atom is -0.507 e. The Labute approximate surface area is 161 Å². The van der Waals surface area contributed by atoms with E-state index in [9.17, 15) is 9.90 Å². The fourth-order valence-corrected chi connectivity index (χ4v) is 3.37. The van der Waals surface area contributed by atoms with Crippen LogP contribution in [0.5, 0.6) is 11.5 Å². The van der Waals surface area contributed by atoms with Crippen LogP contribution in [0.3, 0.4) is 0 Å².